The number of esters is 3. The topological polar surface area (TPSA) is 78.9 Å². The largest absolute Gasteiger partial charge is 0.462 e. The minimum absolute atomic E-state index is 0.0689. The quantitative estimate of drug-likeness (QED) is 0.0261. The van der Waals surface area contributed by atoms with Crippen molar-refractivity contribution in [2.24, 2.45) is 0 Å². The molecular formula is C63H118O6. The first-order valence-corrected chi connectivity index (χ1v) is 30.8. The molecule has 0 aromatic heterocycles. The Morgan fingerprint density at radius 3 is 0.826 bits per heavy atom. The van der Waals surface area contributed by atoms with Crippen LogP contribution in [0, 0.1) is 0 Å². The van der Waals surface area contributed by atoms with Gasteiger partial charge in [0.2, 0.25) is 0 Å². The van der Waals surface area contributed by atoms with E-state index in [0.717, 1.165) is 70.6 Å². The molecule has 0 aliphatic rings. The van der Waals surface area contributed by atoms with Crippen molar-refractivity contribution in [3.05, 3.63) is 24.3 Å². The Morgan fingerprint density at radius 1 is 0.290 bits per heavy atom. The third kappa shape index (κ3) is 56.7. The van der Waals surface area contributed by atoms with Crippen LogP contribution in [-0.4, -0.2) is 37.2 Å². The average Bonchev–Trinajstić information content (AvgIpc) is 3.35. The fraction of sp³-hybridized carbons (Fsp3) is 0.889. The summed E-state index contributed by atoms with van der Waals surface area (Å²) in [6, 6.07) is 0. The van der Waals surface area contributed by atoms with E-state index in [-0.39, 0.29) is 31.1 Å². The molecule has 0 aliphatic carbocycles. The van der Waals surface area contributed by atoms with Crippen molar-refractivity contribution >= 4 is 17.9 Å². The second kappa shape index (κ2) is 58.5. The Balaban J connectivity index is 4.22. The van der Waals surface area contributed by atoms with Gasteiger partial charge in [-0.2, -0.15) is 0 Å². The van der Waals surface area contributed by atoms with Crippen LogP contribution in [0.4, 0.5) is 0 Å². The van der Waals surface area contributed by atoms with E-state index in [1.807, 2.05) is 0 Å². The molecule has 0 heterocycles. The SMILES string of the molecule is CCCCC/C=C\C/C=C\CCCCCCCCCC(=O)OC(COC(=O)CCCCCCCCCCCCC)COC(=O)CCCCCCCCCCCCCCCCCCCCCCCCC. The molecule has 0 aromatic rings. The molecule has 406 valence electrons. The second-order valence-corrected chi connectivity index (χ2v) is 21.0. The van der Waals surface area contributed by atoms with Crippen molar-refractivity contribution < 1.29 is 28.6 Å². The lowest BCUT2D eigenvalue weighted by atomic mass is 10.0. The number of hydrogen-bond donors (Lipinski definition) is 0. The summed E-state index contributed by atoms with van der Waals surface area (Å²) in [7, 11) is 0. The van der Waals surface area contributed by atoms with E-state index in [1.165, 1.54) is 231 Å². The van der Waals surface area contributed by atoms with E-state index in [2.05, 4.69) is 45.1 Å². The summed E-state index contributed by atoms with van der Waals surface area (Å²) in [5.41, 5.74) is 0. The van der Waals surface area contributed by atoms with Gasteiger partial charge in [0.25, 0.3) is 0 Å². The van der Waals surface area contributed by atoms with Gasteiger partial charge in [-0.15, -0.1) is 0 Å². The molecule has 1 atom stereocenters. The van der Waals surface area contributed by atoms with E-state index in [0.29, 0.717) is 19.3 Å². The van der Waals surface area contributed by atoms with Crippen LogP contribution >= 0.6 is 0 Å². The van der Waals surface area contributed by atoms with Gasteiger partial charge in [-0.3, -0.25) is 14.4 Å². The van der Waals surface area contributed by atoms with Crippen LogP contribution in [0.25, 0.3) is 0 Å². The van der Waals surface area contributed by atoms with Gasteiger partial charge in [-0.25, -0.2) is 0 Å². The maximum absolute atomic E-state index is 12.9. The Bertz CT molecular complexity index is 1110. The highest BCUT2D eigenvalue weighted by Gasteiger charge is 2.19. The smallest absolute Gasteiger partial charge is 0.306 e. The van der Waals surface area contributed by atoms with E-state index in [1.54, 1.807) is 0 Å². The normalized spacial score (nSPS) is 12.1. The number of carbonyl (C=O) groups excluding carboxylic acids is 3. The molecular weight excluding hydrogens is 853 g/mol. The first-order chi connectivity index (χ1) is 34.0. The van der Waals surface area contributed by atoms with Crippen LogP contribution in [0.2, 0.25) is 0 Å². The first-order valence-electron chi connectivity index (χ1n) is 30.8. The van der Waals surface area contributed by atoms with Gasteiger partial charge < -0.3 is 14.2 Å². The molecule has 0 aliphatic heterocycles. The van der Waals surface area contributed by atoms with Crippen LogP contribution in [0.3, 0.4) is 0 Å². The molecule has 69 heavy (non-hydrogen) atoms. The van der Waals surface area contributed by atoms with E-state index in [9.17, 15) is 14.4 Å². The van der Waals surface area contributed by atoms with Gasteiger partial charge in [0.05, 0.1) is 0 Å². The van der Waals surface area contributed by atoms with Crippen molar-refractivity contribution in [1.29, 1.82) is 0 Å². The predicted molar refractivity (Wildman–Crippen MR) is 298 cm³/mol. The molecule has 6 nitrogen and oxygen atoms in total. The maximum atomic E-state index is 12.9. The molecule has 0 saturated carbocycles. The van der Waals surface area contributed by atoms with Gasteiger partial charge in [0.1, 0.15) is 13.2 Å². The summed E-state index contributed by atoms with van der Waals surface area (Å²) in [5, 5.41) is 0. The lowest BCUT2D eigenvalue weighted by molar-refractivity contribution is -0.167. The molecule has 0 amide bonds. The molecule has 0 radical (unpaired) electrons. The van der Waals surface area contributed by atoms with Gasteiger partial charge in [0.15, 0.2) is 6.10 Å². The zero-order valence-corrected chi connectivity index (χ0v) is 46.6. The molecule has 0 saturated heterocycles. The van der Waals surface area contributed by atoms with Crippen LogP contribution < -0.4 is 0 Å². The number of rotatable bonds is 57. The highest BCUT2D eigenvalue weighted by atomic mass is 16.6. The average molecular weight is 972 g/mol. The summed E-state index contributed by atoms with van der Waals surface area (Å²) < 4.78 is 16.9. The molecule has 6 heteroatoms. The molecule has 0 spiro atoms. The molecule has 0 N–H and O–H groups in total. The van der Waals surface area contributed by atoms with Gasteiger partial charge in [0, 0.05) is 19.3 Å². The lowest BCUT2D eigenvalue weighted by Crippen LogP contribution is -2.30. The lowest BCUT2D eigenvalue weighted by Gasteiger charge is -2.18. The van der Waals surface area contributed by atoms with Crippen molar-refractivity contribution in [2.45, 2.75) is 348 Å². The molecule has 0 fully saturated rings. The van der Waals surface area contributed by atoms with Crippen LogP contribution in [0.5, 0.6) is 0 Å². The zero-order chi connectivity index (χ0) is 50.0. The number of unbranched alkanes of at least 4 members (excludes halogenated alkanes) is 42. The van der Waals surface area contributed by atoms with Crippen molar-refractivity contribution in [1.82, 2.24) is 0 Å². The Morgan fingerprint density at radius 2 is 0.522 bits per heavy atom. The predicted octanol–water partition coefficient (Wildman–Crippen LogP) is 20.7. The monoisotopic (exact) mass is 971 g/mol. The number of ether oxygens (including phenoxy) is 3. The minimum atomic E-state index is -0.770. The summed E-state index contributed by atoms with van der Waals surface area (Å²) in [5.74, 6) is -0.854. The second-order valence-electron chi connectivity index (χ2n) is 21.0. The molecule has 0 rings (SSSR count). The van der Waals surface area contributed by atoms with Gasteiger partial charge in [-0.1, -0.05) is 295 Å². The highest BCUT2D eigenvalue weighted by Crippen LogP contribution is 2.18. The van der Waals surface area contributed by atoms with Crippen LogP contribution in [-0.2, 0) is 28.6 Å². The number of allylic oxidation sites excluding steroid dienone is 4. The molecule has 0 bridgehead atoms. The Hall–Kier alpha value is -2.11. The number of hydrogen-bond acceptors (Lipinski definition) is 6. The number of carbonyl (C=O) groups is 3. The van der Waals surface area contributed by atoms with Crippen LogP contribution in [0.1, 0.15) is 342 Å². The Labute approximate surface area is 430 Å². The summed E-state index contributed by atoms with van der Waals surface area (Å²) >= 11 is 0. The summed E-state index contributed by atoms with van der Waals surface area (Å²) in [6.45, 7) is 6.66. The van der Waals surface area contributed by atoms with Crippen molar-refractivity contribution in [3.8, 4) is 0 Å². The first kappa shape index (κ1) is 66.9. The standard InChI is InChI=1S/C63H118O6/c1-4-7-10-13-16-19-22-24-26-28-29-30-31-32-33-35-36-38-41-44-47-50-53-56-62(65)68-59-60(58-67-61(64)55-52-49-46-43-40-21-18-15-12-9-6-3)69-63(66)57-54-51-48-45-42-39-37-34-27-25-23-20-17-14-11-8-5-2/h17,20,25,27,60H,4-16,18-19,21-24,26,28-59H2,1-3H3/b20-17-,27-25-. The minimum Gasteiger partial charge on any atom is -0.462 e. The molecule has 1 unspecified atom stereocenters. The maximum Gasteiger partial charge on any atom is 0.306 e. The molecule has 0 aromatic carbocycles. The van der Waals surface area contributed by atoms with E-state index < -0.39 is 6.10 Å². The van der Waals surface area contributed by atoms with Crippen molar-refractivity contribution in [2.75, 3.05) is 13.2 Å². The summed E-state index contributed by atoms with van der Waals surface area (Å²) in [4.78, 5) is 38.2. The third-order valence-corrected chi connectivity index (χ3v) is 14.0. The van der Waals surface area contributed by atoms with Crippen molar-refractivity contribution in [3.63, 3.8) is 0 Å². The fourth-order valence-electron chi connectivity index (χ4n) is 9.30. The van der Waals surface area contributed by atoms with Gasteiger partial charge in [-0.05, 0) is 51.4 Å². The van der Waals surface area contributed by atoms with E-state index >= 15 is 0 Å². The van der Waals surface area contributed by atoms with Gasteiger partial charge >= 0.3 is 17.9 Å². The Kier molecular flexibility index (Phi) is 56.7. The van der Waals surface area contributed by atoms with Crippen LogP contribution in [0.15, 0.2) is 24.3 Å². The fourth-order valence-corrected chi connectivity index (χ4v) is 9.30. The highest BCUT2D eigenvalue weighted by molar-refractivity contribution is 5.71. The third-order valence-electron chi connectivity index (χ3n) is 14.0. The van der Waals surface area contributed by atoms with E-state index in [4.69, 9.17) is 14.2 Å². The summed E-state index contributed by atoms with van der Waals surface area (Å²) in [6.07, 6.45) is 69.0. The zero-order valence-electron chi connectivity index (χ0n) is 46.6.